The third-order valence-electron chi connectivity index (χ3n) is 6.11. The maximum absolute atomic E-state index is 14.0. The van der Waals surface area contributed by atoms with Gasteiger partial charge in [-0.25, -0.2) is 4.39 Å². The third kappa shape index (κ3) is 3.95. The number of phenolic OH excluding ortho intramolecular Hbond substituents is 1. The number of aromatic amines is 2. The van der Waals surface area contributed by atoms with Crippen LogP contribution in [0.3, 0.4) is 0 Å². The number of hydrogen-bond acceptors (Lipinski definition) is 6. The van der Waals surface area contributed by atoms with E-state index in [1.165, 1.54) is 12.1 Å². The van der Waals surface area contributed by atoms with Crippen molar-refractivity contribution in [2.45, 2.75) is 13.5 Å². The Morgan fingerprint density at radius 2 is 1.78 bits per heavy atom. The van der Waals surface area contributed by atoms with Crippen molar-refractivity contribution in [2.75, 3.05) is 6.54 Å². The number of hydrogen-bond donors (Lipinski definition) is 4. The minimum atomic E-state index is -0.514. The molecule has 0 aliphatic heterocycles. The smallest absolute Gasteiger partial charge is 0.127 e. The van der Waals surface area contributed by atoms with Crippen molar-refractivity contribution in [1.82, 2.24) is 35.5 Å². The number of aromatic hydroxyl groups is 1. The van der Waals surface area contributed by atoms with Crippen molar-refractivity contribution in [3.05, 3.63) is 78.8 Å². The van der Waals surface area contributed by atoms with Gasteiger partial charge in [0.1, 0.15) is 17.3 Å². The topological polar surface area (TPSA) is 115 Å². The summed E-state index contributed by atoms with van der Waals surface area (Å²) in [5.74, 6) is -0.653. The summed E-state index contributed by atoms with van der Waals surface area (Å²) >= 11 is 0. The highest BCUT2D eigenvalue weighted by molar-refractivity contribution is 6.01. The molecule has 5 heterocycles. The first-order chi connectivity index (χ1) is 17.6. The SMILES string of the molecule is CCNCc1cncc(-c2cc3c(-c4cc5c(-c6cc(O)cc(F)c6)cncc5[nH]4)n[nH]c3cn2)c1. The minimum absolute atomic E-state index is 0.139. The Morgan fingerprint density at radius 3 is 2.64 bits per heavy atom. The van der Waals surface area contributed by atoms with Gasteiger partial charge in [-0.1, -0.05) is 6.92 Å². The molecule has 6 aromatic rings. The lowest BCUT2D eigenvalue weighted by Gasteiger charge is -2.05. The summed E-state index contributed by atoms with van der Waals surface area (Å²) < 4.78 is 14.0. The molecule has 6 rings (SSSR count). The van der Waals surface area contributed by atoms with E-state index in [1.807, 2.05) is 18.3 Å². The van der Waals surface area contributed by atoms with Crippen LogP contribution in [0.2, 0.25) is 0 Å². The number of halogens is 1. The van der Waals surface area contributed by atoms with Crippen LogP contribution in [-0.4, -0.2) is 41.8 Å². The minimum Gasteiger partial charge on any atom is -0.508 e. The maximum atomic E-state index is 14.0. The molecular weight excluding hydrogens is 457 g/mol. The first-order valence-electron chi connectivity index (χ1n) is 11.5. The highest BCUT2D eigenvalue weighted by Gasteiger charge is 2.16. The van der Waals surface area contributed by atoms with Crippen LogP contribution in [0.15, 0.2) is 67.4 Å². The molecule has 9 heteroatoms. The Labute approximate surface area is 205 Å². The average Bonchev–Trinajstić information content (AvgIpc) is 3.50. The number of aromatic nitrogens is 6. The summed E-state index contributed by atoms with van der Waals surface area (Å²) in [7, 11) is 0. The number of nitrogens with zero attached hydrogens (tertiary/aromatic N) is 4. The fraction of sp³-hybridized carbons (Fsp3) is 0.111. The number of H-pyrrole nitrogens is 2. The quantitative estimate of drug-likeness (QED) is 0.262. The molecule has 0 aliphatic rings. The van der Waals surface area contributed by atoms with Crippen LogP contribution >= 0.6 is 0 Å². The molecule has 0 unspecified atom stereocenters. The number of fused-ring (bicyclic) bond motifs is 2. The summed E-state index contributed by atoms with van der Waals surface area (Å²) in [6.45, 7) is 3.69. The molecule has 5 aromatic heterocycles. The first-order valence-corrected chi connectivity index (χ1v) is 11.5. The molecule has 8 nitrogen and oxygen atoms in total. The van der Waals surface area contributed by atoms with E-state index in [9.17, 15) is 9.50 Å². The van der Waals surface area contributed by atoms with Crippen LogP contribution in [0.5, 0.6) is 5.75 Å². The van der Waals surface area contributed by atoms with Gasteiger partial charge in [-0.05, 0) is 48.0 Å². The third-order valence-corrected chi connectivity index (χ3v) is 6.11. The maximum Gasteiger partial charge on any atom is 0.127 e. The summed E-state index contributed by atoms with van der Waals surface area (Å²) in [4.78, 5) is 16.7. The van der Waals surface area contributed by atoms with Gasteiger partial charge in [-0.15, -0.1) is 0 Å². The van der Waals surface area contributed by atoms with Gasteiger partial charge in [0.2, 0.25) is 0 Å². The van der Waals surface area contributed by atoms with Crippen molar-refractivity contribution in [3.8, 4) is 39.5 Å². The second-order valence-electron chi connectivity index (χ2n) is 8.58. The lowest BCUT2D eigenvalue weighted by molar-refractivity contribution is 0.469. The normalized spacial score (nSPS) is 11.5. The summed E-state index contributed by atoms with van der Waals surface area (Å²) in [5, 5.41) is 22.5. The van der Waals surface area contributed by atoms with Crippen LogP contribution < -0.4 is 5.32 Å². The highest BCUT2D eigenvalue weighted by Crippen LogP contribution is 2.35. The van der Waals surface area contributed by atoms with Gasteiger partial charge in [-0.2, -0.15) is 5.10 Å². The van der Waals surface area contributed by atoms with Gasteiger partial charge in [0, 0.05) is 53.1 Å². The van der Waals surface area contributed by atoms with Crippen molar-refractivity contribution >= 4 is 21.8 Å². The molecule has 36 heavy (non-hydrogen) atoms. The highest BCUT2D eigenvalue weighted by atomic mass is 19.1. The fourth-order valence-corrected chi connectivity index (χ4v) is 4.41. The standard InChI is InChI=1S/C27H22FN7O/c1-2-29-9-15-3-17(11-30-10-15)23-8-21-26(14-32-23)34-35-27(21)24-7-20-22(12-31-13-25(20)33-24)16-4-18(28)6-19(36)5-16/h3-8,10-14,29,33,36H,2,9H2,1H3,(H,34,35). The van der Waals surface area contributed by atoms with Crippen LogP contribution in [-0.2, 0) is 6.54 Å². The lowest BCUT2D eigenvalue weighted by atomic mass is 10.0. The van der Waals surface area contributed by atoms with E-state index in [1.54, 1.807) is 24.8 Å². The Morgan fingerprint density at radius 1 is 0.889 bits per heavy atom. The van der Waals surface area contributed by atoms with Crippen LogP contribution in [0.1, 0.15) is 12.5 Å². The van der Waals surface area contributed by atoms with Gasteiger partial charge >= 0.3 is 0 Å². The molecule has 0 saturated carbocycles. The van der Waals surface area contributed by atoms with E-state index in [0.717, 1.165) is 69.2 Å². The van der Waals surface area contributed by atoms with E-state index in [-0.39, 0.29) is 5.75 Å². The molecule has 0 radical (unpaired) electrons. The number of benzene rings is 1. The summed E-state index contributed by atoms with van der Waals surface area (Å²) in [6.07, 6.45) is 8.79. The second-order valence-corrected chi connectivity index (χ2v) is 8.58. The van der Waals surface area contributed by atoms with E-state index in [4.69, 9.17) is 0 Å². The van der Waals surface area contributed by atoms with E-state index in [2.05, 4.69) is 48.4 Å². The molecular formula is C27H22FN7O. The predicted octanol–water partition coefficient (Wildman–Crippen LogP) is 5.18. The molecule has 0 fully saturated rings. The average molecular weight is 480 g/mol. The number of pyridine rings is 3. The number of nitrogens with one attached hydrogen (secondary N) is 3. The summed E-state index contributed by atoms with van der Waals surface area (Å²) in [6, 6.07) is 10.0. The fourth-order valence-electron chi connectivity index (χ4n) is 4.41. The van der Waals surface area contributed by atoms with E-state index < -0.39 is 5.82 Å². The van der Waals surface area contributed by atoms with Gasteiger partial charge < -0.3 is 15.4 Å². The monoisotopic (exact) mass is 479 g/mol. The van der Waals surface area contributed by atoms with Gasteiger partial charge in [0.15, 0.2) is 0 Å². The predicted molar refractivity (Wildman–Crippen MR) is 137 cm³/mol. The van der Waals surface area contributed by atoms with Crippen molar-refractivity contribution < 1.29 is 9.50 Å². The van der Waals surface area contributed by atoms with Gasteiger partial charge in [0.25, 0.3) is 0 Å². The van der Waals surface area contributed by atoms with Crippen LogP contribution in [0, 0.1) is 5.82 Å². The lowest BCUT2D eigenvalue weighted by Crippen LogP contribution is -2.11. The molecule has 178 valence electrons. The Bertz CT molecular complexity index is 1700. The zero-order valence-corrected chi connectivity index (χ0v) is 19.4. The van der Waals surface area contributed by atoms with E-state index in [0.29, 0.717) is 11.1 Å². The Balaban J connectivity index is 1.44. The molecule has 0 bridgehead atoms. The van der Waals surface area contributed by atoms with Crippen molar-refractivity contribution in [1.29, 1.82) is 0 Å². The van der Waals surface area contributed by atoms with E-state index >= 15 is 0 Å². The molecule has 0 aliphatic carbocycles. The largest absolute Gasteiger partial charge is 0.508 e. The number of phenols is 1. The Kier molecular flexibility index (Phi) is 5.38. The van der Waals surface area contributed by atoms with Crippen LogP contribution in [0.4, 0.5) is 4.39 Å². The zero-order valence-electron chi connectivity index (χ0n) is 19.4. The van der Waals surface area contributed by atoms with Crippen LogP contribution in [0.25, 0.3) is 55.6 Å². The van der Waals surface area contributed by atoms with Crippen molar-refractivity contribution in [3.63, 3.8) is 0 Å². The Hall–Kier alpha value is -4.63. The number of rotatable bonds is 6. The molecule has 0 amide bonds. The molecule has 0 saturated heterocycles. The van der Waals surface area contributed by atoms with Crippen molar-refractivity contribution in [2.24, 2.45) is 0 Å². The summed E-state index contributed by atoms with van der Waals surface area (Å²) in [5.41, 5.74) is 7.14. The van der Waals surface area contributed by atoms with Gasteiger partial charge in [0.05, 0.1) is 34.8 Å². The molecule has 0 atom stereocenters. The molecule has 0 spiro atoms. The zero-order chi connectivity index (χ0) is 24.6. The second kappa shape index (κ2) is 8.86. The first kappa shape index (κ1) is 21.9. The molecule has 4 N–H and O–H groups in total. The van der Waals surface area contributed by atoms with Gasteiger partial charge in [-0.3, -0.25) is 20.1 Å². The molecule has 1 aromatic carbocycles.